The molecule has 1 aromatic rings. The SMILES string of the molecule is CC1(c2cc(Cl)ccc2F)CO1. The third-order valence-corrected chi connectivity index (χ3v) is 2.31. The highest BCUT2D eigenvalue weighted by Gasteiger charge is 2.43. The zero-order valence-electron chi connectivity index (χ0n) is 6.60. The van der Waals surface area contributed by atoms with Crippen LogP contribution in [0, 0.1) is 5.82 Å². The number of halogens is 2. The minimum atomic E-state index is -0.436. The third kappa shape index (κ3) is 1.21. The number of epoxide rings is 1. The van der Waals surface area contributed by atoms with Gasteiger partial charge in [-0.1, -0.05) is 11.6 Å². The molecule has 12 heavy (non-hydrogen) atoms. The summed E-state index contributed by atoms with van der Waals surface area (Å²) in [6.07, 6.45) is 0. The number of rotatable bonds is 1. The largest absolute Gasteiger partial charge is 0.365 e. The molecular formula is C9H8ClFO. The Morgan fingerprint density at radius 1 is 1.58 bits per heavy atom. The lowest BCUT2D eigenvalue weighted by Gasteiger charge is -2.06. The molecule has 1 aromatic carbocycles. The average Bonchev–Trinajstić information content (AvgIpc) is 2.75. The van der Waals surface area contributed by atoms with Gasteiger partial charge in [0.15, 0.2) is 0 Å². The average molecular weight is 187 g/mol. The van der Waals surface area contributed by atoms with E-state index in [9.17, 15) is 4.39 Å². The second kappa shape index (κ2) is 2.44. The predicted octanol–water partition coefficient (Wildman–Crippen LogP) is 2.72. The van der Waals surface area contributed by atoms with Crippen molar-refractivity contribution < 1.29 is 9.13 Å². The summed E-state index contributed by atoms with van der Waals surface area (Å²) in [5.41, 5.74) is 0.115. The van der Waals surface area contributed by atoms with Crippen LogP contribution >= 0.6 is 11.6 Å². The molecule has 2 rings (SSSR count). The normalized spacial score (nSPS) is 27.2. The molecule has 1 saturated heterocycles. The Morgan fingerprint density at radius 3 is 2.83 bits per heavy atom. The zero-order valence-corrected chi connectivity index (χ0v) is 7.36. The van der Waals surface area contributed by atoms with E-state index in [4.69, 9.17) is 16.3 Å². The van der Waals surface area contributed by atoms with E-state index in [-0.39, 0.29) is 5.82 Å². The van der Waals surface area contributed by atoms with Gasteiger partial charge in [0.25, 0.3) is 0 Å². The van der Waals surface area contributed by atoms with Crippen LogP contribution in [0.5, 0.6) is 0 Å². The summed E-state index contributed by atoms with van der Waals surface area (Å²) in [5, 5.41) is 0.545. The molecule has 1 fully saturated rings. The highest BCUT2D eigenvalue weighted by molar-refractivity contribution is 6.30. The van der Waals surface area contributed by atoms with Gasteiger partial charge in [-0.15, -0.1) is 0 Å². The Bertz CT molecular complexity index is 320. The fraction of sp³-hybridized carbons (Fsp3) is 0.333. The van der Waals surface area contributed by atoms with Crippen molar-refractivity contribution in [1.29, 1.82) is 0 Å². The van der Waals surface area contributed by atoms with Crippen molar-refractivity contribution >= 4 is 11.6 Å². The van der Waals surface area contributed by atoms with Gasteiger partial charge in [-0.2, -0.15) is 0 Å². The highest BCUT2D eigenvalue weighted by Crippen LogP contribution is 2.40. The van der Waals surface area contributed by atoms with E-state index < -0.39 is 5.60 Å². The van der Waals surface area contributed by atoms with Crippen molar-refractivity contribution in [3.05, 3.63) is 34.6 Å². The van der Waals surface area contributed by atoms with Gasteiger partial charge in [0.05, 0.1) is 6.61 Å². The third-order valence-electron chi connectivity index (χ3n) is 2.08. The van der Waals surface area contributed by atoms with Crippen molar-refractivity contribution in [3.8, 4) is 0 Å². The van der Waals surface area contributed by atoms with Gasteiger partial charge in [0.1, 0.15) is 11.4 Å². The van der Waals surface area contributed by atoms with Crippen LogP contribution < -0.4 is 0 Å². The fourth-order valence-corrected chi connectivity index (χ4v) is 1.34. The first-order valence-electron chi connectivity index (χ1n) is 3.71. The minimum absolute atomic E-state index is 0.251. The predicted molar refractivity (Wildman–Crippen MR) is 44.7 cm³/mol. The molecule has 0 aromatic heterocycles. The van der Waals surface area contributed by atoms with E-state index in [1.54, 1.807) is 6.07 Å². The lowest BCUT2D eigenvalue weighted by molar-refractivity contribution is 0.321. The van der Waals surface area contributed by atoms with Gasteiger partial charge < -0.3 is 4.74 Å². The zero-order chi connectivity index (χ0) is 8.77. The molecule has 64 valence electrons. The molecule has 0 N–H and O–H groups in total. The van der Waals surface area contributed by atoms with Crippen LogP contribution in [0.1, 0.15) is 12.5 Å². The van der Waals surface area contributed by atoms with Gasteiger partial charge in [-0.25, -0.2) is 4.39 Å². The fourth-order valence-electron chi connectivity index (χ4n) is 1.17. The van der Waals surface area contributed by atoms with E-state index in [1.807, 2.05) is 6.92 Å². The van der Waals surface area contributed by atoms with Crippen LogP contribution in [0.4, 0.5) is 4.39 Å². The van der Waals surface area contributed by atoms with Crippen molar-refractivity contribution in [3.63, 3.8) is 0 Å². The molecule has 0 amide bonds. The first-order chi connectivity index (χ1) is 5.62. The van der Waals surface area contributed by atoms with E-state index in [2.05, 4.69) is 0 Å². The second-order valence-electron chi connectivity index (χ2n) is 3.14. The number of hydrogen-bond acceptors (Lipinski definition) is 1. The Labute approximate surface area is 75.1 Å². The smallest absolute Gasteiger partial charge is 0.129 e. The molecule has 1 aliphatic rings. The Kier molecular flexibility index (Phi) is 1.63. The van der Waals surface area contributed by atoms with E-state index in [0.717, 1.165) is 0 Å². The molecule has 0 aliphatic carbocycles. The Hall–Kier alpha value is -0.600. The lowest BCUT2D eigenvalue weighted by atomic mass is 10.0. The van der Waals surface area contributed by atoms with E-state index in [0.29, 0.717) is 17.2 Å². The van der Waals surface area contributed by atoms with Gasteiger partial charge >= 0.3 is 0 Å². The van der Waals surface area contributed by atoms with Gasteiger partial charge in [-0.3, -0.25) is 0 Å². The summed E-state index contributed by atoms with van der Waals surface area (Å²) < 4.78 is 18.3. The number of benzene rings is 1. The van der Waals surface area contributed by atoms with E-state index >= 15 is 0 Å². The van der Waals surface area contributed by atoms with Crippen molar-refractivity contribution in [1.82, 2.24) is 0 Å². The molecule has 1 atom stereocenters. The molecular weight excluding hydrogens is 179 g/mol. The Morgan fingerprint density at radius 2 is 2.25 bits per heavy atom. The molecule has 0 spiro atoms. The molecule has 1 nitrogen and oxygen atoms in total. The van der Waals surface area contributed by atoms with Crippen LogP contribution in [-0.2, 0) is 10.3 Å². The summed E-state index contributed by atoms with van der Waals surface area (Å²) in [4.78, 5) is 0. The topological polar surface area (TPSA) is 12.5 Å². The summed E-state index contributed by atoms with van der Waals surface area (Å²) in [5.74, 6) is -0.251. The standard InChI is InChI=1S/C9H8ClFO/c1-9(5-12-9)7-4-6(10)2-3-8(7)11/h2-4H,5H2,1H3. The summed E-state index contributed by atoms with van der Waals surface area (Å²) in [6.45, 7) is 2.42. The molecule has 3 heteroatoms. The molecule has 0 bridgehead atoms. The van der Waals surface area contributed by atoms with Crippen LogP contribution in [0.2, 0.25) is 5.02 Å². The maximum atomic E-state index is 13.2. The molecule has 1 aliphatic heterocycles. The van der Waals surface area contributed by atoms with Crippen molar-refractivity contribution in [2.45, 2.75) is 12.5 Å². The van der Waals surface area contributed by atoms with Crippen molar-refractivity contribution in [2.75, 3.05) is 6.61 Å². The maximum Gasteiger partial charge on any atom is 0.129 e. The van der Waals surface area contributed by atoms with Gasteiger partial charge in [-0.05, 0) is 25.1 Å². The molecule has 0 radical (unpaired) electrons. The highest BCUT2D eigenvalue weighted by atomic mass is 35.5. The van der Waals surface area contributed by atoms with Gasteiger partial charge in [0, 0.05) is 10.6 Å². The van der Waals surface area contributed by atoms with Crippen LogP contribution in [0.15, 0.2) is 18.2 Å². The van der Waals surface area contributed by atoms with E-state index in [1.165, 1.54) is 12.1 Å². The maximum absolute atomic E-state index is 13.2. The van der Waals surface area contributed by atoms with Crippen LogP contribution in [-0.4, -0.2) is 6.61 Å². The van der Waals surface area contributed by atoms with Gasteiger partial charge in [0.2, 0.25) is 0 Å². The lowest BCUT2D eigenvalue weighted by Crippen LogP contribution is -2.04. The first-order valence-corrected chi connectivity index (χ1v) is 4.09. The summed E-state index contributed by atoms with van der Waals surface area (Å²) in [7, 11) is 0. The summed E-state index contributed by atoms with van der Waals surface area (Å²) in [6, 6.07) is 4.51. The second-order valence-corrected chi connectivity index (χ2v) is 3.58. The first kappa shape index (κ1) is 8.02. The van der Waals surface area contributed by atoms with Crippen molar-refractivity contribution in [2.24, 2.45) is 0 Å². The number of hydrogen-bond donors (Lipinski definition) is 0. The molecule has 0 saturated carbocycles. The van der Waals surface area contributed by atoms with Crippen LogP contribution in [0.3, 0.4) is 0 Å². The quantitative estimate of drug-likeness (QED) is 0.615. The molecule has 1 heterocycles. The number of ether oxygens (including phenoxy) is 1. The summed E-state index contributed by atoms with van der Waals surface area (Å²) >= 11 is 5.73. The van der Waals surface area contributed by atoms with Crippen LogP contribution in [0.25, 0.3) is 0 Å². The molecule has 1 unspecified atom stereocenters. The monoisotopic (exact) mass is 186 g/mol. The Balaban J connectivity index is 2.48. The minimum Gasteiger partial charge on any atom is -0.365 e.